The molecule has 4 nitrogen and oxygen atoms in total. The van der Waals surface area contributed by atoms with Gasteiger partial charge in [0.25, 0.3) is 0 Å². The van der Waals surface area contributed by atoms with Crippen LogP contribution in [-0.2, 0) is 0 Å². The van der Waals surface area contributed by atoms with Gasteiger partial charge in [-0.1, -0.05) is 6.92 Å². The van der Waals surface area contributed by atoms with Crippen molar-refractivity contribution in [1.82, 2.24) is 9.38 Å². The highest BCUT2D eigenvalue weighted by Gasteiger charge is 2.13. The minimum atomic E-state index is 0.162. The molecule has 0 atom stereocenters. The number of benzene rings is 1. The number of ketones is 1. The average Bonchev–Trinajstić information content (AvgIpc) is 2.93. The van der Waals surface area contributed by atoms with Gasteiger partial charge in [0.2, 0.25) is 0 Å². The first-order chi connectivity index (χ1) is 11.6. The number of rotatable bonds is 3. The van der Waals surface area contributed by atoms with Gasteiger partial charge in [-0.05, 0) is 42.8 Å². The van der Waals surface area contributed by atoms with Gasteiger partial charge >= 0.3 is 0 Å². The molecule has 0 amide bonds. The number of nitrogens with zero attached hydrogens (tertiary/aromatic N) is 2. The number of carbonyl (C=O) groups is 1. The number of hydrogen-bond acceptors (Lipinski definition) is 3. The maximum atomic E-state index is 12.2. The van der Waals surface area contributed by atoms with Crippen molar-refractivity contribution in [3.05, 3.63) is 53.9 Å². The molecular formula is C20H18N2O2. The molecule has 0 radical (unpaired) electrons. The molecule has 4 rings (SSSR count). The van der Waals surface area contributed by atoms with Crippen molar-refractivity contribution in [3.8, 4) is 5.75 Å². The largest absolute Gasteiger partial charge is 0.497 e. The second-order valence-corrected chi connectivity index (χ2v) is 6.05. The highest BCUT2D eigenvalue weighted by atomic mass is 16.5. The summed E-state index contributed by atoms with van der Waals surface area (Å²) in [5.74, 6) is 0.981. The van der Waals surface area contributed by atoms with Gasteiger partial charge in [-0.25, -0.2) is 4.98 Å². The lowest BCUT2D eigenvalue weighted by molar-refractivity contribution is 0.0987. The number of Topliss-reactive ketones (excluding diaryl/α,β-unsaturated/α-hetero) is 1. The fourth-order valence-electron chi connectivity index (χ4n) is 3.21. The van der Waals surface area contributed by atoms with E-state index in [1.807, 2.05) is 44.3 Å². The third kappa shape index (κ3) is 2.14. The van der Waals surface area contributed by atoms with E-state index in [0.29, 0.717) is 6.42 Å². The van der Waals surface area contributed by atoms with Crippen molar-refractivity contribution >= 4 is 33.1 Å². The Morgan fingerprint density at radius 1 is 1.17 bits per heavy atom. The summed E-state index contributed by atoms with van der Waals surface area (Å²) >= 11 is 0. The summed E-state index contributed by atoms with van der Waals surface area (Å²) in [6.07, 6.45) is 4.57. The molecule has 3 aromatic heterocycles. The van der Waals surface area contributed by atoms with Crippen molar-refractivity contribution in [2.45, 2.75) is 20.3 Å². The molecule has 0 spiro atoms. The SMILES string of the molecule is CCC(=O)c1cc2c3nc4ccc(OC)cc4cc3cn2cc1C. The summed E-state index contributed by atoms with van der Waals surface area (Å²) < 4.78 is 7.34. The zero-order chi connectivity index (χ0) is 16.8. The highest BCUT2D eigenvalue weighted by Crippen LogP contribution is 2.28. The second kappa shape index (κ2) is 5.34. The van der Waals surface area contributed by atoms with E-state index in [1.165, 1.54) is 0 Å². The predicted octanol–water partition coefficient (Wildman–Crippen LogP) is 4.55. The molecule has 0 unspecified atom stereocenters. The van der Waals surface area contributed by atoms with Crippen LogP contribution in [0.15, 0.2) is 42.7 Å². The van der Waals surface area contributed by atoms with Gasteiger partial charge < -0.3 is 9.14 Å². The Kier molecular flexibility index (Phi) is 3.27. The predicted molar refractivity (Wildman–Crippen MR) is 96.1 cm³/mol. The molecule has 0 N–H and O–H groups in total. The van der Waals surface area contributed by atoms with Crippen LogP contribution >= 0.6 is 0 Å². The van der Waals surface area contributed by atoms with Crippen LogP contribution in [-0.4, -0.2) is 22.3 Å². The minimum Gasteiger partial charge on any atom is -0.497 e. The van der Waals surface area contributed by atoms with Gasteiger partial charge in [-0.15, -0.1) is 0 Å². The number of ether oxygens (including phenoxy) is 1. The molecule has 120 valence electrons. The molecular weight excluding hydrogens is 300 g/mol. The second-order valence-electron chi connectivity index (χ2n) is 6.05. The van der Waals surface area contributed by atoms with E-state index in [2.05, 4.69) is 16.7 Å². The molecule has 0 aliphatic rings. The maximum absolute atomic E-state index is 12.2. The van der Waals surface area contributed by atoms with E-state index < -0.39 is 0 Å². The van der Waals surface area contributed by atoms with Crippen molar-refractivity contribution in [3.63, 3.8) is 0 Å². The Labute approximate surface area is 139 Å². The first kappa shape index (κ1) is 14.7. The quantitative estimate of drug-likeness (QED) is 0.520. The standard InChI is InChI=1S/C20H18N2O2/c1-4-19(23)16-9-18-20-14(11-22(18)10-12(16)2)7-13-8-15(24-3)5-6-17(13)21-20/h5-11H,4H2,1-3H3. The van der Waals surface area contributed by atoms with Gasteiger partial charge in [-0.3, -0.25) is 4.79 Å². The summed E-state index contributed by atoms with van der Waals surface area (Å²) in [6.45, 7) is 3.86. The fourth-order valence-corrected chi connectivity index (χ4v) is 3.21. The number of aromatic nitrogens is 2. The number of fused-ring (bicyclic) bond motifs is 4. The molecule has 0 aliphatic carbocycles. The van der Waals surface area contributed by atoms with Crippen LogP contribution in [0.4, 0.5) is 0 Å². The van der Waals surface area contributed by atoms with Gasteiger partial charge in [0, 0.05) is 35.2 Å². The number of methoxy groups -OCH3 is 1. The zero-order valence-electron chi connectivity index (χ0n) is 14.0. The lowest BCUT2D eigenvalue weighted by atomic mass is 10.0. The van der Waals surface area contributed by atoms with Gasteiger partial charge in [-0.2, -0.15) is 0 Å². The molecule has 1 aromatic carbocycles. The molecule has 0 saturated carbocycles. The van der Waals surface area contributed by atoms with E-state index in [9.17, 15) is 4.79 Å². The van der Waals surface area contributed by atoms with Gasteiger partial charge in [0.05, 0.1) is 23.7 Å². The van der Waals surface area contributed by atoms with Gasteiger partial charge in [0.15, 0.2) is 5.78 Å². The first-order valence-electron chi connectivity index (χ1n) is 8.03. The van der Waals surface area contributed by atoms with Crippen LogP contribution < -0.4 is 4.74 Å². The van der Waals surface area contributed by atoms with E-state index >= 15 is 0 Å². The summed E-state index contributed by atoms with van der Waals surface area (Å²) in [4.78, 5) is 17.0. The van der Waals surface area contributed by atoms with Crippen molar-refractivity contribution < 1.29 is 9.53 Å². The normalized spacial score (nSPS) is 11.5. The maximum Gasteiger partial charge on any atom is 0.162 e. The Morgan fingerprint density at radius 3 is 2.75 bits per heavy atom. The average molecular weight is 318 g/mol. The highest BCUT2D eigenvalue weighted by molar-refractivity contribution is 6.04. The summed E-state index contributed by atoms with van der Waals surface area (Å²) in [7, 11) is 1.66. The van der Waals surface area contributed by atoms with Gasteiger partial charge in [0.1, 0.15) is 5.75 Å². The van der Waals surface area contributed by atoms with E-state index in [0.717, 1.165) is 44.2 Å². The van der Waals surface area contributed by atoms with E-state index in [1.54, 1.807) is 7.11 Å². The molecule has 4 aromatic rings. The van der Waals surface area contributed by atoms with Crippen LogP contribution in [0.3, 0.4) is 0 Å². The first-order valence-corrected chi connectivity index (χ1v) is 8.03. The van der Waals surface area contributed by atoms with Crippen LogP contribution in [0.5, 0.6) is 5.75 Å². The number of pyridine rings is 2. The fraction of sp³-hybridized carbons (Fsp3) is 0.200. The third-order valence-corrected chi connectivity index (χ3v) is 4.51. The smallest absolute Gasteiger partial charge is 0.162 e. The molecule has 0 fully saturated rings. The van der Waals surface area contributed by atoms with Crippen molar-refractivity contribution in [2.75, 3.05) is 7.11 Å². The van der Waals surface area contributed by atoms with Crippen LogP contribution in [0.1, 0.15) is 29.3 Å². The summed E-state index contributed by atoms with van der Waals surface area (Å²) in [6, 6.07) is 9.94. The van der Waals surface area contributed by atoms with Crippen LogP contribution in [0.25, 0.3) is 27.3 Å². The number of carbonyl (C=O) groups excluding carboxylic acids is 1. The Morgan fingerprint density at radius 2 is 2.00 bits per heavy atom. The summed E-state index contributed by atoms with van der Waals surface area (Å²) in [5.41, 5.74) is 4.56. The Balaban J connectivity index is 2.05. The molecule has 0 saturated heterocycles. The topological polar surface area (TPSA) is 43.6 Å². The minimum absolute atomic E-state index is 0.162. The lowest BCUT2D eigenvalue weighted by Crippen LogP contribution is -2.01. The summed E-state index contributed by atoms with van der Waals surface area (Å²) in [5, 5.41) is 2.09. The molecule has 3 heterocycles. The van der Waals surface area contributed by atoms with Crippen molar-refractivity contribution in [1.29, 1.82) is 0 Å². The number of hydrogen-bond donors (Lipinski definition) is 0. The third-order valence-electron chi connectivity index (χ3n) is 4.51. The zero-order valence-corrected chi connectivity index (χ0v) is 14.0. The lowest BCUT2D eigenvalue weighted by Gasteiger charge is -2.05. The molecule has 0 bridgehead atoms. The number of aryl methyl sites for hydroxylation is 1. The molecule has 0 aliphatic heterocycles. The Hall–Kier alpha value is -2.88. The van der Waals surface area contributed by atoms with Crippen molar-refractivity contribution in [2.24, 2.45) is 0 Å². The molecule has 24 heavy (non-hydrogen) atoms. The Bertz CT molecular complexity index is 1110. The van der Waals surface area contributed by atoms with Crippen LogP contribution in [0, 0.1) is 6.92 Å². The van der Waals surface area contributed by atoms with E-state index in [4.69, 9.17) is 9.72 Å². The molecule has 4 heteroatoms. The van der Waals surface area contributed by atoms with E-state index in [-0.39, 0.29) is 5.78 Å². The monoisotopic (exact) mass is 318 g/mol. The van der Waals surface area contributed by atoms with Crippen LogP contribution in [0.2, 0.25) is 0 Å².